The molecule has 0 bridgehead atoms. The number of allylic oxidation sites excluding steroid dienone is 1. The predicted octanol–water partition coefficient (Wildman–Crippen LogP) is 4.88. The Labute approximate surface area is 340 Å². The number of anilines is 1. The summed E-state index contributed by atoms with van der Waals surface area (Å²) >= 11 is 0. The van der Waals surface area contributed by atoms with Crippen molar-refractivity contribution in [2.45, 2.75) is 113 Å². The van der Waals surface area contributed by atoms with Gasteiger partial charge in [0.2, 0.25) is 11.6 Å². The average molecular weight is 863 g/mol. The lowest BCUT2D eigenvalue weighted by atomic mass is 9.52. The van der Waals surface area contributed by atoms with Gasteiger partial charge in [-0.1, -0.05) is 25.7 Å². The number of rotatable bonds is 17. The third-order valence-corrected chi connectivity index (χ3v) is 15.0. The van der Waals surface area contributed by atoms with E-state index in [0.29, 0.717) is 60.4 Å². The Morgan fingerprint density at radius 2 is 1.47 bits per heavy atom. The van der Waals surface area contributed by atoms with E-state index in [0.717, 1.165) is 0 Å². The zero-order valence-electron chi connectivity index (χ0n) is 33.5. The van der Waals surface area contributed by atoms with Gasteiger partial charge in [-0.15, -0.1) is 6.42 Å². The van der Waals surface area contributed by atoms with Crippen LogP contribution >= 0.6 is 0 Å². The largest absolute Gasteiger partial charge is 0.510 e. The number of nitrogens with one attached hydrogen (secondary N) is 1. The Bertz CT molecular complexity index is 2500. The van der Waals surface area contributed by atoms with E-state index < -0.39 is 63.7 Å². The van der Waals surface area contributed by atoms with Crippen molar-refractivity contribution in [1.29, 1.82) is 0 Å². The summed E-state index contributed by atoms with van der Waals surface area (Å²) in [5, 5.41) is 15.2. The van der Waals surface area contributed by atoms with Gasteiger partial charge in [-0.05, 0) is 96.2 Å². The van der Waals surface area contributed by atoms with E-state index in [2.05, 4.69) is 11.2 Å². The highest BCUT2D eigenvalue weighted by atomic mass is 32.2. The van der Waals surface area contributed by atoms with Gasteiger partial charge in [0, 0.05) is 35.7 Å². The molecule has 2 aromatic rings. The Hall–Kier alpha value is -4.12. The summed E-state index contributed by atoms with van der Waals surface area (Å²) in [6.07, 6.45) is 7.54. The first-order valence-corrected chi connectivity index (χ1v) is 23.5. The fourth-order valence-corrected chi connectivity index (χ4v) is 11.1. The number of aliphatic hydroxyl groups is 1. The van der Waals surface area contributed by atoms with Crippen LogP contribution in [-0.2, 0) is 50.8 Å². The van der Waals surface area contributed by atoms with E-state index >= 15 is 4.79 Å². The van der Waals surface area contributed by atoms with Crippen LogP contribution in [0.4, 0.5) is 11.4 Å². The van der Waals surface area contributed by atoms with Gasteiger partial charge >= 0.3 is 0 Å². The van der Waals surface area contributed by atoms with E-state index in [9.17, 15) is 48.8 Å². The molecule has 18 heteroatoms. The van der Waals surface area contributed by atoms with E-state index in [1.807, 2.05) is 23.3 Å². The van der Waals surface area contributed by atoms with Crippen LogP contribution in [0, 0.1) is 17.8 Å². The number of amides is 1. The number of unbranched alkanes of at least 4 members (excludes halogenated alkanes) is 3. The third kappa shape index (κ3) is 7.49. The Balaban J connectivity index is 1.68. The summed E-state index contributed by atoms with van der Waals surface area (Å²) < 4.78 is 104. The maximum Gasteiger partial charge on any atom is 0.294 e. The van der Waals surface area contributed by atoms with Crippen LogP contribution in [-0.4, -0.2) is 96.9 Å². The second-order valence-corrected chi connectivity index (χ2v) is 20.7. The van der Waals surface area contributed by atoms with Crippen LogP contribution in [0.15, 0.2) is 57.5 Å². The van der Waals surface area contributed by atoms with Crippen molar-refractivity contribution >= 4 is 59.1 Å². The molecule has 2 aromatic carbocycles. The number of carbonyl (C=O) groups is 2. The molecule has 3 unspecified atom stereocenters. The van der Waals surface area contributed by atoms with Crippen molar-refractivity contribution in [2.24, 2.45) is 5.41 Å². The molecule has 0 spiro atoms. The summed E-state index contributed by atoms with van der Waals surface area (Å²) in [7, 11) is -13.6. The number of Topliss-reactive ketones (excluding diaryl/α,β-unsaturated/α-hetero) is 1. The lowest BCUT2D eigenvalue weighted by molar-refractivity contribution is -0.437. The highest BCUT2D eigenvalue weighted by molar-refractivity contribution is 7.86. The van der Waals surface area contributed by atoms with Crippen LogP contribution in [0.3, 0.4) is 0 Å². The van der Waals surface area contributed by atoms with Crippen LogP contribution < -0.4 is 10.2 Å². The zero-order valence-corrected chi connectivity index (χ0v) is 35.9. The quantitative estimate of drug-likeness (QED) is 0.0618. The van der Waals surface area contributed by atoms with Crippen molar-refractivity contribution in [3.8, 4) is 12.3 Å². The Kier molecular flexibility index (Phi) is 12.0. The summed E-state index contributed by atoms with van der Waals surface area (Å²) in [4.78, 5) is 28.7. The number of nitrogens with zero attached hydrogens (tertiary/aromatic N) is 2. The van der Waals surface area contributed by atoms with Gasteiger partial charge in [0.05, 0.1) is 38.6 Å². The Morgan fingerprint density at radius 3 is 2.02 bits per heavy atom. The van der Waals surface area contributed by atoms with Gasteiger partial charge in [-0.25, -0.2) is 0 Å². The molecule has 5 N–H and O–H groups in total. The topological polar surface area (TPSA) is 236 Å². The molecule has 5 rings (SSSR count). The predicted molar refractivity (Wildman–Crippen MR) is 217 cm³/mol. The number of hydrogen-bond acceptors (Lipinski definition) is 10. The van der Waals surface area contributed by atoms with E-state index in [-0.39, 0.29) is 59.4 Å². The molecule has 1 aliphatic carbocycles. The molecule has 0 aromatic heterocycles. The maximum atomic E-state index is 15.3. The number of terminal acetylenes is 1. The molecule has 2 aliphatic heterocycles. The second kappa shape index (κ2) is 15.5. The molecule has 316 valence electrons. The number of benzene rings is 2. The molecular weight excluding hydrogens is 811 g/mol. The summed E-state index contributed by atoms with van der Waals surface area (Å²) in [6.45, 7) is 11.2. The van der Waals surface area contributed by atoms with Crippen LogP contribution in [0.2, 0.25) is 0 Å². The number of hydrogen-bond donors (Lipinski definition) is 5. The zero-order chi connectivity index (χ0) is 43.4. The number of aliphatic hydroxyl groups excluding tert-OH is 1. The van der Waals surface area contributed by atoms with Gasteiger partial charge < -0.3 is 15.3 Å². The molecule has 0 saturated carbocycles. The first-order valence-electron chi connectivity index (χ1n) is 19.0. The van der Waals surface area contributed by atoms with Gasteiger partial charge in [0.15, 0.2) is 16.9 Å². The standard InChI is InChI=1S/C40H51N3O12S3/c1-8-21-41-32(44)15-11-10-12-20-38(5)29-25-27(58(53,54)55)17-19-31(29)43(22-13-14-23-56(47,48)49)40(38,7)33-34(45)39(6,35(33)46)36-37(3,4)28-24-26(57(50,51)52)16-18-30(28)42(36)9-2/h1,16-19,24-25H,9-15,20-23H2,2-7H3,(H4-,41,44,45,46,47,48,49,50,51,52,53,54,55)/p+1. The van der Waals surface area contributed by atoms with E-state index in [4.69, 9.17) is 6.42 Å². The highest BCUT2D eigenvalue weighted by Crippen LogP contribution is 2.63. The summed E-state index contributed by atoms with van der Waals surface area (Å²) in [6, 6.07) is 8.28. The minimum Gasteiger partial charge on any atom is -0.510 e. The first kappa shape index (κ1) is 45.0. The molecule has 15 nitrogen and oxygen atoms in total. The fraction of sp³-hybridized carbons (Fsp3) is 0.525. The van der Waals surface area contributed by atoms with Crippen molar-refractivity contribution in [1.82, 2.24) is 5.32 Å². The third-order valence-electron chi connectivity index (χ3n) is 12.5. The lowest BCUT2D eigenvalue weighted by Crippen LogP contribution is -2.66. The smallest absolute Gasteiger partial charge is 0.294 e. The maximum absolute atomic E-state index is 15.3. The van der Waals surface area contributed by atoms with Crippen molar-refractivity contribution in [3.63, 3.8) is 0 Å². The van der Waals surface area contributed by atoms with E-state index in [1.165, 1.54) is 30.3 Å². The molecule has 2 heterocycles. The lowest BCUT2D eigenvalue weighted by Gasteiger charge is -2.54. The molecule has 3 aliphatic rings. The molecule has 0 saturated heterocycles. The van der Waals surface area contributed by atoms with Crippen LogP contribution in [0.25, 0.3) is 0 Å². The fourth-order valence-electron chi connectivity index (χ4n) is 9.56. The normalized spacial score (nSPS) is 24.1. The molecule has 3 atom stereocenters. The average Bonchev–Trinajstić information content (AvgIpc) is 3.47. The monoisotopic (exact) mass is 862 g/mol. The van der Waals surface area contributed by atoms with Gasteiger partial charge in [-0.2, -0.15) is 29.8 Å². The first-order chi connectivity index (χ1) is 26.7. The minimum absolute atomic E-state index is 0.0412. The Morgan fingerprint density at radius 1 is 0.862 bits per heavy atom. The molecule has 58 heavy (non-hydrogen) atoms. The number of fused-ring (bicyclic) bond motifs is 2. The van der Waals surface area contributed by atoms with Gasteiger partial charge in [0.25, 0.3) is 30.4 Å². The summed E-state index contributed by atoms with van der Waals surface area (Å²) in [5.74, 6) is 0.911. The van der Waals surface area contributed by atoms with Crippen LogP contribution in [0.1, 0.15) is 97.6 Å². The van der Waals surface area contributed by atoms with Crippen molar-refractivity contribution in [2.75, 3.05) is 30.3 Å². The molecule has 0 fully saturated rings. The minimum atomic E-state index is -4.70. The SMILES string of the molecule is C#CCNC(=O)CCCCCC1(C)c2cc(S(=O)(=O)O)ccc2N(CCCCS(=O)(=O)O)C1(C)C1=C(O)C(C)(C2=[N+](CC)c3ccc(S(=O)(=O)O)cc3C2(C)C)C1=O. The van der Waals surface area contributed by atoms with Gasteiger partial charge in [0.1, 0.15) is 12.3 Å². The second-order valence-electron chi connectivity index (χ2n) is 16.3. The van der Waals surface area contributed by atoms with Crippen molar-refractivity contribution < 1.29 is 58.2 Å². The highest BCUT2D eigenvalue weighted by Gasteiger charge is 2.72. The van der Waals surface area contributed by atoms with E-state index in [1.54, 1.807) is 33.8 Å². The molecule has 0 radical (unpaired) electrons. The van der Waals surface area contributed by atoms with Gasteiger partial charge in [-0.3, -0.25) is 23.2 Å². The molecule has 1 amide bonds. The summed E-state index contributed by atoms with van der Waals surface area (Å²) in [5.41, 5.74) is -2.64. The van der Waals surface area contributed by atoms with Crippen LogP contribution in [0.5, 0.6) is 0 Å². The number of ketones is 1. The van der Waals surface area contributed by atoms with Crippen molar-refractivity contribution in [3.05, 3.63) is 58.9 Å². The number of carbonyl (C=O) groups excluding carboxylic acids is 2. The molecular formula is C40H52N3O12S3+.